The molecule has 3 rings (SSSR count). The van der Waals surface area contributed by atoms with Crippen molar-refractivity contribution in [3.8, 4) is 0 Å². The summed E-state index contributed by atoms with van der Waals surface area (Å²) in [5.41, 5.74) is -0.0522. The Morgan fingerprint density at radius 2 is 2.19 bits per heavy atom. The highest BCUT2D eigenvalue weighted by Gasteiger charge is 2.23. The van der Waals surface area contributed by atoms with Gasteiger partial charge in [0.15, 0.2) is 5.13 Å². The molecule has 0 spiro atoms. The van der Waals surface area contributed by atoms with E-state index in [0.717, 1.165) is 35.9 Å². The Bertz CT molecular complexity index is 825. The summed E-state index contributed by atoms with van der Waals surface area (Å²) < 4.78 is 6.84. The summed E-state index contributed by atoms with van der Waals surface area (Å²) in [6.07, 6.45) is 6.13. The summed E-state index contributed by atoms with van der Waals surface area (Å²) in [7, 11) is 0. The molecule has 0 aromatic carbocycles. The molecule has 1 aliphatic heterocycles. The lowest BCUT2D eigenvalue weighted by Crippen LogP contribution is -2.45. The van der Waals surface area contributed by atoms with Gasteiger partial charge in [0.25, 0.3) is 0 Å². The minimum atomic E-state index is -0.0522. The largest absolute Gasteiger partial charge is 0.444 e. The number of aliphatic hydroxyl groups is 1. The van der Waals surface area contributed by atoms with E-state index in [1.807, 2.05) is 0 Å². The molecule has 4 N–H and O–H groups in total. The predicted molar refractivity (Wildman–Crippen MR) is 125 cm³/mol. The van der Waals surface area contributed by atoms with Crippen molar-refractivity contribution in [2.45, 2.75) is 61.5 Å². The number of thiazole rings is 1. The van der Waals surface area contributed by atoms with E-state index < -0.39 is 0 Å². The minimum absolute atomic E-state index is 0.0112. The topological polar surface area (TPSA) is 112 Å². The van der Waals surface area contributed by atoms with Crippen LogP contribution in [0.25, 0.3) is 0 Å². The van der Waals surface area contributed by atoms with Crippen molar-refractivity contribution in [1.82, 2.24) is 20.6 Å². The Hall–Kier alpha value is -1.46. The first kappa shape index (κ1) is 24.2. The average molecular weight is 468 g/mol. The van der Waals surface area contributed by atoms with Gasteiger partial charge in [-0.2, -0.15) is 0 Å². The van der Waals surface area contributed by atoms with Gasteiger partial charge in [-0.15, -0.1) is 11.8 Å². The molecule has 0 radical (unpaired) electrons. The van der Waals surface area contributed by atoms with E-state index in [0.29, 0.717) is 41.7 Å². The molecule has 10 heteroatoms. The quantitative estimate of drug-likeness (QED) is 0.312. The Morgan fingerprint density at radius 1 is 1.35 bits per heavy atom. The number of carbonyl (C=O) groups excluding carboxylic acids is 1. The number of hydrogen-bond donors (Lipinski definition) is 4. The van der Waals surface area contributed by atoms with Crippen LogP contribution in [0.2, 0.25) is 0 Å². The minimum Gasteiger partial charge on any atom is -0.444 e. The van der Waals surface area contributed by atoms with Gasteiger partial charge in [-0.25, -0.2) is 9.97 Å². The molecular formula is C21H33N5O3S2. The van der Waals surface area contributed by atoms with Crippen molar-refractivity contribution in [3.63, 3.8) is 0 Å². The normalized spacial score (nSPS) is 19.5. The third kappa shape index (κ3) is 7.87. The summed E-state index contributed by atoms with van der Waals surface area (Å²) >= 11 is 3.08. The molecule has 0 saturated carbocycles. The molecule has 172 valence electrons. The first-order chi connectivity index (χ1) is 14.8. The van der Waals surface area contributed by atoms with Gasteiger partial charge in [0.2, 0.25) is 11.8 Å². The molecule has 0 aliphatic carbocycles. The van der Waals surface area contributed by atoms with E-state index in [4.69, 9.17) is 9.52 Å². The second-order valence-electron chi connectivity index (χ2n) is 8.87. The number of piperidine rings is 1. The number of amides is 1. The van der Waals surface area contributed by atoms with Crippen molar-refractivity contribution in [1.29, 1.82) is 0 Å². The van der Waals surface area contributed by atoms with Gasteiger partial charge in [0.05, 0.1) is 29.0 Å². The first-order valence-corrected chi connectivity index (χ1v) is 12.5. The highest BCUT2D eigenvalue weighted by Crippen LogP contribution is 2.32. The van der Waals surface area contributed by atoms with Gasteiger partial charge in [-0.3, -0.25) is 4.79 Å². The van der Waals surface area contributed by atoms with Gasteiger partial charge in [-0.05, 0) is 25.3 Å². The fourth-order valence-electron chi connectivity index (χ4n) is 3.35. The number of rotatable bonds is 10. The van der Waals surface area contributed by atoms with Crippen LogP contribution in [-0.4, -0.2) is 53.3 Å². The fraction of sp³-hybridized carbons (Fsp3) is 0.667. The van der Waals surface area contributed by atoms with Crippen molar-refractivity contribution in [2.75, 3.05) is 31.6 Å². The van der Waals surface area contributed by atoms with Gasteiger partial charge in [0.1, 0.15) is 5.76 Å². The Balaban J connectivity index is 1.37. The lowest BCUT2D eigenvalue weighted by atomic mass is 9.92. The SMILES string of the molecule is CC(C)(C)c1cnc(CSc2cnc(NC(=O)CC3CCC(CNCCO)NC3)s2)o1. The third-order valence-corrected chi connectivity index (χ3v) is 7.23. The maximum atomic E-state index is 12.4. The van der Waals surface area contributed by atoms with E-state index in [-0.39, 0.29) is 17.9 Å². The maximum Gasteiger partial charge on any atom is 0.226 e. The highest BCUT2D eigenvalue weighted by atomic mass is 32.2. The molecule has 31 heavy (non-hydrogen) atoms. The Morgan fingerprint density at radius 3 is 2.87 bits per heavy atom. The smallest absolute Gasteiger partial charge is 0.226 e. The lowest BCUT2D eigenvalue weighted by molar-refractivity contribution is -0.117. The summed E-state index contributed by atoms with van der Waals surface area (Å²) in [5.74, 6) is 2.56. The summed E-state index contributed by atoms with van der Waals surface area (Å²) in [5, 5.41) is 19.1. The molecular weight excluding hydrogens is 434 g/mol. The van der Waals surface area contributed by atoms with Gasteiger partial charge < -0.3 is 25.5 Å². The highest BCUT2D eigenvalue weighted by molar-refractivity contribution is 8.00. The zero-order chi connectivity index (χ0) is 22.3. The standard InChI is InChI=1S/C21H33N5O3S2/c1-21(2,3)16-11-24-18(29-16)13-30-19-12-25-20(31-19)26-17(28)8-14-4-5-15(23-9-14)10-22-6-7-27/h11-12,14-15,22-23,27H,4-10,13H2,1-3H3,(H,25,26,28). The van der Waals surface area contributed by atoms with Gasteiger partial charge >= 0.3 is 0 Å². The number of carbonyl (C=O) groups is 1. The number of aliphatic hydroxyl groups excluding tert-OH is 1. The van der Waals surface area contributed by atoms with Gasteiger partial charge in [-0.1, -0.05) is 32.1 Å². The maximum absolute atomic E-state index is 12.4. The molecule has 3 heterocycles. The van der Waals surface area contributed by atoms with Crippen LogP contribution in [0.5, 0.6) is 0 Å². The molecule has 0 bridgehead atoms. The predicted octanol–water partition coefficient (Wildman–Crippen LogP) is 3.00. The molecule has 2 aromatic rings. The van der Waals surface area contributed by atoms with Crippen molar-refractivity contribution in [3.05, 3.63) is 24.0 Å². The van der Waals surface area contributed by atoms with Crippen LogP contribution >= 0.6 is 23.1 Å². The Labute approximate surface area is 192 Å². The van der Waals surface area contributed by atoms with E-state index in [9.17, 15) is 4.79 Å². The Kier molecular flexibility index (Phi) is 8.91. The monoisotopic (exact) mass is 467 g/mol. The first-order valence-electron chi connectivity index (χ1n) is 10.7. The summed E-state index contributed by atoms with van der Waals surface area (Å²) in [6.45, 7) is 8.76. The number of nitrogens with one attached hydrogen (secondary N) is 3. The zero-order valence-electron chi connectivity index (χ0n) is 18.4. The van der Waals surface area contributed by atoms with E-state index >= 15 is 0 Å². The summed E-state index contributed by atoms with van der Waals surface area (Å²) in [4.78, 5) is 21.1. The number of nitrogens with zero attached hydrogens (tertiary/aromatic N) is 2. The third-order valence-electron chi connectivity index (χ3n) is 5.13. The van der Waals surface area contributed by atoms with Crippen LogP contribution in [0.15, 0.2) is 21.0 Å². The number of anilines is 1. The second-order valence-corrected chi connectivity index (χ2v) is 11.2. The van der Waals surface area contributed by atoms with Crippen molar-refractivity contribution in [2.24, 2.45) is 5.92 Å². The molecule has 2 unspecified atom stereocenters. The van der Waals surface area contributed by atoms with Crippen molar-refractivity contribution >= 4 is 34.1 Å². The van der Waals surface area contributed by atoms with Crippen LogP contribution < -0.4 is 16.0 Å². The van der Waals surface area contributed by atoms with Crippen LogP contribution in [0.3, 0.4) is 0 Å². The van der Waals surface area contributed by atoms with Crippen LogP contribution in [0, 0.1) is 5.92 Å². The molecule has 1 amide bonds. The van der Waals surface area contributed by atoms with E-state index in [2.05, 4.69) is 46.7 Å². The molecule has 2 aromatic heterocycles. The number of thioether (sulfide) groups is 1. The van der Waals surface area contributed by atoms with E-state index in [1.165, 1.54) is 11.3 Å². The van der Waals surface area contributed by atoms with Crippen molar-refractivity contribution < 1.29 is 14.3 Å². The molecule has 1 fully saturated rings. The molecule has 1 saturated heterocycles. The molecule has 8 nitrogen and oxygen atoms in total. The van der Waals surface area contributed by atoms with Crippen LogP contribution in [0.4, 0.5) is 5.13 Å². The zero-order valence-corrected chi connectivity index (χ0v) is 20.1. The van der Waals surface area contributed by atoms with E-state index in [1.54, 1.807) is 24.2 Å². The number of oxazole rings is 1. The summed E-state index contributed by atoms with van der Waals surface area (Å²) in [6, 6.07) is 0.410. The average Bonchev–Trinajstić information content (AvgIpc) is 3.37. The van der Waals surface area contributed by atoms with Crippen LogP contribution in [-0.2, 0) is 16.0 Å². The number of hydrogen-bond acceptors (Lipinski definition) is 9. The fourth-order valence-corrected chi connectivity index (χ4v) is 5.09. The molecule has 1 aliphatic rings. The van der Waals surface area contributed by atoms with Gasteiger partial charge in [0, 0.05) is 31.0 Å². The lowest BCUT2D eigenvalue weighted by Gasteiger charge is -2.29. The number of aromatic nitrogens is 2. The van der Waals surface area contributed by atoms with Crippen LogP contribution in [0.1, 0.15) is 51.7 Å². The molecule has 2 atom stereocenters. The second kappa shape index (κ2) is 11.4.